The number of allylic oxidation sites excluding steroid dienone is 2. The van der Waals surface area contributed by atoms with Crippen LogP contribution in [0, 0.1) is 0 Å². The molecule has 0 amide bonds. The molecular formula is C16H15Si. The fourth-order valence-corrected chi connectivity index (χ4v) is 3.91. The SMILES string of the molecule is C=C/C=C/[Si](c1ccccc1)c1ccccc1. The van der Waals surface area contributed by atoms with E-state index in [2.05, 4.69) is 72.9 Å². The van der Waals surface area contributed by atoms with Crippen LogP contribution < -0.4 is 10.4 Å². The van der Waals surface area contributed by atoms with Gasteiger partial charge in [-0.1, -0.05) is 95.5 Å². The van der Waals surface area contributed by atoms with E-state index >= 15 is 0 Å². The Morgan fingerprint density at radius 1 is 0.765 bits per heavy atom. The zero-order valence-electron chi connectivity index (χ0n) is 9.71. The van der Waals surface area contributed by atoms with Gasteiger partial charge in [-0.25, -0.2) is 0 Å². The summed E-state index contributed by atoms with van der Waals surface area (Å²) in [6.07, 6.45) is 3.89. The van der Waals surface area contributed by atoms with Crippen molar-refractivity contribution < 1.29 is 0 Å². The molecule has 0 unspecified atom stereocenters. The Bertz CT molecular complexity index is 446. The first kappa shape index (κ1) is 11.6. The van der Waals surface area contributed by atoms with Crippen LogP contribution in [-0.4, -0.2) is 8.80 Å². The van der Waals surface area contributed by atoms with Crippen LogP contribution in [0.25, 0.3) is 0 Å². The molecule has 0 heterocycles. The second-order valence-corrected chi connectivity index (χ2v) is 6.06. The minimum absolute atomic E-state index is 0.814. The molecule has 0 spiro atoms. The molecule has 0 aliphatic heterocycles. The lowest BCUT2D eigenvalue weighted by atomic mass is 10.4. The Morgan fingerprint density at radius 3 is 1.65 bits per heavy atom. The summed E-state index contributed by atoms with van der Waals surface area (Å²) in [6.45, 7) is 3.75. The average Bonchev–Trinajstić information content (AvgIpc) is 2.42. The molecular weight excluding hydrogens is 220 g/mol. The standard InChI is InChI=1S/C16H15Si/c1-2-3-14-17(15-10-6-4-7-11-15)16-12-8-5-9-13-16/h2-14H,1H2/b14-3+. The molecule has 1 radical (unpaired) electrons. The fourth-order valence-electron chi connectivity index (χ4n) is 1.76. The van der Waals surface area contributed by atoms with Gasteiger partial charge in [0.1, 0.15) is 8.80 Å². The number of rotatable bonds is 4. The fraction of sp³-hybridized carbons (Fsp3) is 0. The highest BCUT2D eigenvalue weighted by Crippen LogP contribution is 1.94. The quantitative estimate of drug-likeness (QED) is 0.564. The summed E-state index contributed by atoms with van der Waals surface area (Å²) in [5.74, 6) is 0. The summed E-state index contributed by atoms with van der Waals surface area (Å²) in [5.41, 5.74) is 2.28. The molecule has 0 nitrogen and oxygen atoms in total. The molecule has 0 aliphatic rings. The van der Waals surface area contributed by atoms with Crippen molar-refractivity contribution in [2.75, 3.05) is 0 Å². The first-order valence-electron chi connectivity index (χ1n) is 5.68. The molecule has 2 rings (SSSR count). The first-order chi connectivity index (χ1) is 8.42. The van der Waals surface area contributed by atoms with Crippen molar-refractivity contribution in [2.45, 2.75) is 0 Å². The minimum Gasteiger partial charge on any atom is -0.0991 e. The van der Waals surface area contributed by atoms with Gasteiger partial charge in [0.15, 0.2) is 0 Å². The third-order valence-corrected chi connectivity index (χ3v) is 5.01. The van der Waals surface area contributed by atoms with E-state index in [1.807, 2.05) is 12.2 Å². The third kappa shape index (κ3) is 3.05. The highest BCUT2D eigenvalue weighted by molar-refractivity contribution is 6.89. The molecule has 1 heteroatoms. The molecule has 0 atom stereocenters. The van der Waals surface area contributed by atoms with Gasteiger partial charge in [0.25, 0.3) is 0 Å². The van der Waals surface area contributed by atoms with Crippen molar-refractivity contribution in [1.29, 1.82) is 0 Å². The highest BCUT2D eigenvalue weighted by Gasteiger charge is 2.12. The van der Waals surface area contributed by atoms with Crippen molar-refractivity contribution in [3.63, 3.8) is 0 Å². The third-order valence-electron chi connectivity index (χ3n) is 2.57. The molecule has 17 heavy (non-hydrogen) atoms. The number of hydrogen-bond donors (Lipinski definition) is 0. The van der Waals surface area contributed by atoms with Gasteiger partial charge in [0, 0.05) is 0 Å². The van der Waals surface area contributed by atoms with Gasteiger partial charge in [-0.15, -0.1) is 0 Å². The van der Waals surface area contributed by atoms with Crippen LogP contribution in [0.1, 0.15) is 0 Å². The van der Waals surface area contributed by atoms with Gasteiger partial charge in [0.05, 0.1) is 0 Å². The van der Waals surface area contributed by atoms with Crippen LogP contribution in [0.5, 0.6) is 0 Å². The largest absolute Gasteiger partial charge is 0.147 e. The predicted octanol–water partition coefficient (Wildman–Crippen LogP) is 2.58. The van der Waals surface area contributed by atoms with Crippen LogP contribution in [0.15, 0.2) is 85.1 Å². The van der Waals surface area contributed by atoms with Crippen molar-refractivity contribution in [3.05, 3.63) is 85.1 Å². The van der Waals surface area contributed by atoms with Crippen molar-refractivity contribution >= 4 is 19.2 Å². The summed E-state index contributed by atoms with van der Waals surface area (Å²) in [6, 6.07) is 21.3. The van der Waals surface area contributed by atoms with Gasteiger partial charge in [0.2, 0.25) is 0 Å². The minimum atomic E-state index is -0.814. The molecule has 2 aromatic rings. The maximum Gasteiger partial charge on any atom is 0.147 e. The number of hydrogen-bond acceptors (Lipinski definition) is 0. The van der Waals surface area contributed by atoms with Gasteiger partial charge in [-0.3, -0.25) is 0 Å². The topological polar surface area (TPSA) is 0 Å². The lowest BCUT2D eigenvalue weighted by molar-refractivity contribution is 1.73. The van der Waals surface area contributed by atoms with E-state index in [0.717, 1.165) is 0 Å². The van der Waals surface area contributed by atoms with Gasteiger partial charge in [-0.05, 0) is 0 Å². The van der Waals surface area contributed by atoms with Crippen molar-refractivity contribution in [2.24, 2.45) is 0 Å². The zero-order valence-corrected chi connectivity index (χ0v) is 10.7. The van der Waals surface area contributed by atoms with Crippen LogP contribution in [0.4, 0.5) is 0 Å². The van der Waals surface area contributed by atoms with E-state index in [-0.39, 0.29) is 0 Å². The molecule has 0 bridgehead atoms. The van der Waals surface area contributed by atoms with Crippen molar-refractivity contribution in [3.8, 4) is 0 Å². The summed E-state index contributed by atoms with van der Waals surface area (Å²) < 4.78 is 0. The summed E-state index contributed by atoms with van der Waals surface area (Å²) in [5, 5.41) is 2.81. The second-order valence-electron chi connectivity index (χ2n) is 3.74. The molecule has 0 aromatic heterocycles. The van der Waals surface area contributed by atoms with Crippen LogP contribution in [0.2, 0.25) is 0 Å². The normalized spacial score (nSPS) is 10.9. The van der Waals surface area contributed by atoms with Crippen LogP contribution >= 0.6 is 0 Å². The molecule has 83 valence electrons. The van der Waals surface area contributed by atoms with Crippen LogP contribution in [-0.2, 0) is 0 Å². The summed E-state index contributed by atoms with van der Waals surface area (Å²) >= 11 is 0. The highest BCUT2D eigenvalue weighted by atomic mass is 28.3. The number of benzene rings is 2. The Balaban J connectivity index is 2.39. The first-order valence-corrected chi connectivity index (χ1v) is 7.26. The molecule has 0 N–H and O–H groups in total. The molecule has 0 aliphatic carbocycles. The molecule has 2 aromatic carbocycles. The van der Waals surface area contributed by atoms with E-state index < -0.39 is 8.80 Å². The zero-order chi connectivity index (χ0) is 11.9. The van der Waals surface area contributed by atoms with E-state index in [9.17, 15) is 0 Å². The van der Waals surface area contributed by atoms with Gasteiger partial charge >= 0.3 is 0 Å². The Hall–Kier alpha value is -1.86. The molecule has 0 saturated heterocycles. The lowest BCUT2D eigenvalue weighted by Crippen LogP contribution is -2.40. The predicted molar refractivity (Wildman–Crippen MR) is 77.2 cm³/mol. The van der Waals surface area contributed by atoms with E-state index in [1.165, 1.54) is 10.4 Å². The lowest BCUT2D eigenvalue weighted by Gasteiger charge is -2.11. The smallest absolute Gasteiger partial charge is 0.0991 e. The Morgan fingerprint density at radius 2 is 1.24 bits per heavy atom. The second kappa shape index (κ2) is 6.02. The maximum atomic E-state index is 3.75. The molecule has 0 saturated carbocycles. The Kier molecular flexibility index (Phi) is 4.11. The van der Waals surface area contributed by atoms with Gasteiger partial charge < -0.3 is 0 Å². The molecule has 0 fully saturated rings. The van der Waals surface area contributed by atoms with E-state index in [4.69, 9.17) is 0 Å². The van der Waals surface area contributed by atoms with Gasteiger partial charge in [-0.2, -0.15) is 0 Å². The summed E-state index contributed by atoms with van der Waals surface area (Å²) in [7, 11) is -0.814. The van der Waals surface area contributed by atoms with E-state index in [1.54, 1.807) is 0 Å². The summed E-state index contributed by atoms with van der Waals surface area (Å²) in [4.78, 5) is 0. The van der Waals surface area contributed by atoms with Crippen molar-refractivity contribution in [1.82, 2.24) is 0 Å². The van der Waals surface area contributed by atoms with E-state index in [0.29, 0.717) is 0 Å². The maximum absolute atomic E-state index is 3.75. The Labute approximate surface area is 105 Å². The van der Waals surface area contributed by atoms with Crippen LogP contribution in [0.3, 0.4) is 0 Å². The monoisotopic (exact) mass is 235 g/mol. The average molecular weight is 235 g/mol.